The van der Waals surface area contributed by atoms with Crippen molar-refractivity contribution in [1.29, 1.82) is 0 Å². The molecule has 0 aromatic heterocycles. The molecule has 0 bridgehead atoms. The minimum absolute atomic E-state index is 0.177. The summed E-state index contributed by atoms with van der Waals surface area (Å²) >= 11 is 0. The Morgan fingerprint density at radius 1 is 1.15 bits per heavy atom. The average Bonchev–Trinajstić information content (AvgIpc) is 2.99. The molecule has 2 aromatic carbocycles. The molecule has 1 fully saturated rings. The van der Waals surface area contributed by atoms with Crippen molar-refractivity contribution in [2.75, 3.05) is 13.2 Å². The summed E-state index contributed by atoms with van der Waals surface area (Å²) in [6.07, 6.45) is -0.251. The Hall–Kier alpha value is -2.37. The van der Waals surface area contributed by atoms with Gasteiger partial charge in [0.15, 0.2) is 0 Å². The summed E-state index contributed by atoms with van der Waals surface area (Å²) in [7, 11) is 0. The lowest BCUT2D eigenvalue weighted by atomic mass is 9.96. The maximum atomic E-state index is 12.7. The van der Waals surface area contributed by atoms with Crippen LogP contribution in [0, 0.1) is 0 Å². The molecule has 0 spiro atoms. The van der Waals surface area contributed by atoms with Gasteiger partial charge in [-0.1, -0.05) is 60.7 Å². The zero-order chi connectivity index (χ0) is 18.4. The molecule has 1 N–H and O–H groups in total. The number of hydrogen-bond acceptors (Lipinski definition) is 4. The highest BCUT2D eigenvalue weighted by Gasteiger charge is 2.42. The predicted octanol–water partition coefficient (Wildman–Crippen LogP) is 3.37. The first-order valence-electron chi connectivity index (χ1n) is 8.90. The van der Waals surface area contributed by atoms with Crippen LogP contribution in [-0.4, -0.2) is 41.0 Å². The van der Waals surface area contributed by atoms with Crippen LogP contribution in [0.3, 0.4) is 0 Å². The second kappa shape index (κ2) is 8.34. The minimum atomic E-state index is -1.06. The maximum absolute atomic E-state index is 12.7. The number of benzene rings is 2. The van der Waals surface area contributed by atoms with E-state index >= 15 is 0 Å². The van der Waals surface area contributed by atoms with E-state index in [0.717, 1.165) is 11.1 Å². The Balaban J connectivity index is 1.70. The highest BCUT2D eigenvalue weighted by atomic mass is 16.6. The Morgan fingerprint density at radius 2 is 1.77 bits per heavy atom. The van der Waals surface area contributed by atoms with Crippen LogP contribution >= 0.6 is 0 Å². The van der Waals surface area contributed by atoms with E-state index in [1.807, 2.05) is 67.6 Å². The Bertz CT molecular complexity index is 706. The molecule has 5 nitrogen and oxygen atoms in total. The molecule has 0 saturated carbocycles. The first-order valence-corrected chi connectivity index (χ1v) is 8.90. The lowest BCUT2D eigenvalue weighted by Gasteiger charge is -2.32. The number of aliphatic hydroxyl groups is 1. The number of rotatable bonds is 6. The van der Waals surface area contributed by atoms with Gasteiger partial charge < -0.3 is 19.5 Å². The van der Waals surface area contributed by atoms with Gasteiger partial charge in [-0.3, -0.25) is 0 Å². The summed E-state index contributed by atoms with van der Waals surface area (Å²) in [6.45, 7) is 3.09. The zero-order valence-electron chi connectivity index (χ0n) is 15.0. The number of carbonyl (C=O) groups is 1. The predicted molar refractivity (Wildman–Crippen MR) is 98.5 cm³/mol. The molecule has 0 radical (unpaired) electrons. The van der Waals surface area contributed by atoms with Crippen LogP contribution in [0.1, 0.15) is 24.5 Å². The van der Waals surface area contributed by atoms with Crippen LogP contribution in [0.15, 0.2) is 60.7 Å². The summed E-state index contributed by atoms with van der Waals surface area (Å²) < 4.78 is 11.0. The monoisotopic (exact) mass is 355 g/mol. The van der Waals surface area contributed by atoms with Crippen molar-refractivity contribution in [2.45, 2.75) is 38.2 Å². The minimum Gasteiger partial charge on any atom is -0.445 e. The van der Waals surface area contributed by atoms with Gasteiger partial charge in [-0.25, -0.2) is 4.79 Å². The van der Waals surface area contributed by atoms with Crippen molar-refractivity contribution in [3.63, 3.8) is 0 Å². The Labute approximate surface area is 154 Å². The van der Waals surface area contributed by atoms with Crippen molar-refractivity contribution in [3.05, 3.63) is 71.8 Å². The molecular weight excluding hydrogens is 330 g/mol. The number of amides is 1. The number of carbonyl (C=O) groups excluding carboxylic acids is 1. The van der Waals surface area contributed by atoms with Crippen LogP contribution in [0.5, 0.6) is 0 Å². The van der Waals surface area contributed by atoms with E-state index in [1.165, 1.54) is 0 Å². The van der Waals surface area contributed by atoms with Gasteiger partial charge in [0.2, 0.25) is 0 Å². The highest BCUT2D eigenvalue weighted by molar-refractivity contribution is 5.68. The summed E-state index contributed by atoms with van der Waals surface area (Å²) in [6, 6.07) is 19.3. The number of hydrogen-bond donors (Lipinski definition) is 1. The lowest BCUT2D eigenvalue weighted by Crippen LogP contribution is -2.49. The molecule has 1 aliphatic heterocycles. The molecule has 5 heteroatoms. The van der Waals surface area contributed by atoms with E-state index in [1.54, 1.807) is 4.90 Å². The first kappa shape index (κ1) is 18.4. The molecular formula is C21H25NO4. The van der Waals surface area contributed by atoms with Gasteiger partial charge in [-0.05, 0) is 18.1 Å². The zero-order valence-corrected chi connectivity index (χ0v) is 15.0. The Kier molecular flexibility index (Phi) is 5.91. The largest absolute Gasteiger partial charge is 0.445 e. The molecule has 1 saturated heterocycles. The van der Waals surface area contributed by atoms with Crippen LogP contribution < -0.4 is 0 Å². The van der Waals surface area contributed by atoms with Gasteiger partial charge in [0.05, 0.1) is 12.6 Å². The fourth-order valence-electron chi connectivity index (χ4n) is 3.11. The van der Waals surface area contributed by atoms with Gasteiger partial charge in [-0.2, -0.15) is 0 Å². The summed E-state index contributed by atoms with van der Waals surface area (Å²) in [4.78, 5) is 14.3. The maximum Gasteiger partial charge on any atom is 0.410 e. The molecule has 3 rings (SSSR count). The van der Waals surface area contributed by atoms with Crippen LogP contribution in [0.25, 0.3) is 0 Å². The van der Waals surface area contributed by atoms with E-state index in [4.69, 9.17) is 9.47 Å². The Morgan fingerprint density at radius 3 is 2.35 bits per heavy atom. The second-order valence-corrected chi connectivity index (χ2v) is 6.75. The molecule has 0 aliphatic carbocycles. The number of nitrogens with zero attached hydrogens (tertiary/aromatic N) is 1. The summed E-state index contributed by atoms with van der Waals surface area (Å²) in [5.41, 5.74) is 0.858. The van der Waals surface area contributed by atoms with Gasteiger partial charge >= 0.3 is 6.09 Å². The molecule has 1 heterocycles. The smallest absolute Gasteiger partial charge is 0.410 e. The highest BCUT2D eigenvalue weighted by Crippen LogP contribution is 2.27. The molecule has 2 atom stereocenters. The first-order chi connectivity index (χ1) is 12.6. The van der Waals surface area contributed by atoms with Crippen molar-refractivity contribution in [1.82, 2.24) is 4.90 Å². The lowest BCUT2D eigenvalue weighted by molar-refractivity contribution is -0.0491. The van der Waals surface area contributed by atoms with Crippen LogP contribution in [0.2, 0.25) is 0 Å². The molecule has 1 amide bonds. The second-order valence-electron chi connectivity index (χ2n) is 6.75. The fraction of sp³-hybridized carbons (Fsp3) is 0.381. The van der Waals surface area contributed by atoms with Gasteiger partial charge in [0.1, 0.15) is 12.2 Å². The van der Waals surface area contributed by atoms with Gasteiger partial charge in [-0.15, -0.1) is 0 Å². The molecule has 2 unspecified atom stereocenters. The number of ether oxygens (including phenoxy) is 2. The molecule has 2 aromatic rings. The third-order valence-corrected chi connectivity index (χ3v) is 4.80. The van der Waals surface area contributed by atoms with Crippen molar-refractivity contribution < 1.29 is 19.4 Å². The third kappa shape index (κ3) is 4.62. The molecule has 26 heavy (non-hydrogen) atoms. The molecule has 138 valence electrons. The van der Waals surface area contributed by atoms with E-state index in [2.05, 4.69) is 0 Å². The summed E-state index contributed by atoms with van der Waals surface area (Å²) in [5, 5.41) is 10.9. The van der Waals surface area contributed by atoms with Crippen molar-refractivity contribution in [3.8, 4) is 0 Å². The average molecular weight is 355 g/mol. The topological polar surface area (TPSA) is 59.0 Å². The van der Waals surface area contributed by atoms with Gasteiger partial charge in [0, 0.05) is 19.6 Å². The standard InChI is InChI=1S/C21H25NO4/c1-17-21(24,12-13-25-17)16-22(14-18-8-4-2-5-9-18)20(23)26-15-19-10-6-3-7-11-19/h2-11,17,24H,12-16H2,1H3. The van der Waals surface area contributed by atoms with Crippen molar-refractivity contribution >= 4 is 6.09 Å². The quantitative estimate of drug-likeness (QED) is 0.863. The van der Waals surface area contributed by atoms with Crippen LogP contribution in [-0.2, 0) is 22.6 Å². The fourth-order valence-corrected chi connectivity index (χ4v) is 3.11. The van der Waals surface area contributed by atoms with Crippen LogP contribution in [0.4, 0.5) is 4.79 Å². The van der Waals surface area contributed by atoms with E-state index in [0.29, 0.717) is 19.6 Å². The van der Waals surface area contributed by atoms with Gasteiger partial charge in [0.25, 0.3) is 0 Å². The van der Waals surface area contributed by atoms with Crippen molar-refractivity contribution in [2.24, 2.45) is 0 Å². The van der Waals surface area contributed by atoms with E-state index in [9.17, 15) is 9.90 Å². The SMILES string of the molecule is CC1OCCC1(O)CN(Cc1ccccc1)C(=O)OCc1ccccc1. The summed E-state index contributed by atoms with van der Waals surface area (Å²) in [5.74, 6) is 0. The van der Waals surface area contributed by atoms with E-state index < -0.39 is 11.7 Å². The third-order valence-electron chi connectivity index (χ3n) is 4.80. The normalized spacial score (nSPS) is 22.2. The van der Waals surface area contributed by atoms with E-state index in [-0.39, 0.29) is 19.3 Å². The molecule has 1 aliphatic rings.